The van der Waals surface area contributed by atoms with Gasteiger partial charge in [-0.15, -0.1) is 0 Å². The molecule has 0 spiro atoms. The van der Waals surface area contributed by atoms with E-state index < -0.39 is 0 Å². The third kappa shape index (κ3) is 4.30. The van der Waals surface area contributed by atoms with Crippen LogP contribution in [0.2, 0.25) is 0 Å². The first kappa shape index (κ1) is 19.0. The highest BCUT2D eigenvalue weighted by Gasteiger charge is 2.33. The average Bonchev–Trinajstić information content (AvgIpc) is 2.92. The van der Waals surface area contributed by atoms with Crippen molar-refractivity contribution in [3.63, 3.8) is 0 Å². The maximum atomic E-state index is 12.6. The number of nitrogens with zero attached hydrogens (tertiary/aromatic N) is 2. The molecular formula is C20H30N2O4. The van der Waals surface area contributed by atoms with Crippen LogP contribution in [0.5, 0.6) is 11.5 Å². The number of benzene rings is 1. The van der Waals surface area contributed by atoms with Gasteiger partial charge in [0, 0.05) is 51.3 Å². The Balaban J connectivity index is 1.54. The van der Waals surface area contributed by atoms with Gasteiger partial charge in [-0.1, -0.05) is 12.1 Å². The van der Waals surface area contributed by atoms with E-state index in [0.717, 1.165) is 50.5 Å². The van der Waals surface area contributed by atoms with E-state index in [4.69, 9.17) is 14.2 Å². The van der Waals surface area contributed by atoms with Crippen molar-refractivity contribution in [2.45, 2.75) is 38.8 Å². The molecular weight excluding hydrogens is 332 g/mol. The normalized spacial score (nSPS) is 22.0. The van der Waals surface area contributed by atoms with Crippen LogP contribution in [0.1, 0.15) is 26.3 Å². The molecule has 0 aliphatic carbocycles. The number of hydrogen-bond acceptors (Lipinski definition) is 5. The SMILES string of the molecule is COCCN1CCN(C(=O)COc2cccc3c2OC(C)(C)C3)CC1C. The molecule has 0 saturated carbocycles. The van der Waals surface area contributed by atoms with Crippen LogP contribution in [0.15, 0.2) is 18.2 Å². The fourth-order valence-corrected chi connectivity index (χ4v) is 3.69. The van der Waals surface area contributed by atoms with Gasteiger partial charge in [0.05, 0.1) is 6.61 Å². The smallest absolute Gasteiger partial charge is 0.260 e. The summed E-state index contributed by atoms with van der Waals surface area (Å²) < 4.78 is 17.0. The Bertz CT molecular complexity index is 647. The van der Waals surface area contributed by atoms with Gasteiger partial charge in [-0.3, -0.25) is 9.69 Å². The molecule has 0 N–H and O–H groups in total. The minimum Gasteiger partial charge on any atom is -0.483 e. The van der Waals surface area contributed by atoms with Crippen LogP contribution >= 0.6 is 0 Å². The lowest BCUT2D eigenvalue weighted by molar-refractivity contribution is -0.136. The molecule has 2 heterocycles. The minimum absolute atomic E-state index is 0.0260. The molecule has 1 atom stereocenters. The number of carbonyl (C=O) groups is 1. The van der Waals surface area contributed by atoms with E-state index in [1.54, 1.807) is 7.11 Å². The van der Waals surface area contributed by atoms with Crippen molar-refractivity contribution >= 4 is 5.91 Å². The second-order valence-electron chi connectivity index (χ2n) is 7.79. The Morgan fingerprint density at radius 3 is 2.88 bits per heavy atom. The predicted molar refractivity (Wildman–Crippen MR) is 99.8 cm³/mol. The molecule has 6 heteroatoms. The van der Waals surface area contributed by atoms with Gasteiger partial charge in [0.2, 0.25) is 0 Å². The average molecular weight is 362 g/mol. The van der Waals surface area contributed by atoms with Crippen LogP contribution in [-0.2, 0) is 16.0 Å². The van der Waals surface area contributed by atoms with Crippen molar-refractivity contribution in [3.8, 4) is 11.5 Å². The lowest BCUT2D eigenvalue weighted by Gasteiger charge is -2.39. The fourth-order valence-electron chi connectivity index (χ4n) is 3.69. The predicted octanol–water partition coefficient (Wildman–Crippen LogP) is 1.96. The molecule has 0 aromatic heterocycles. The highest BCUT2D eigenvalue weighted by atomic mass is 16.5. The summed E-state index contributed by atoms with van der Waals surface area (Å²) in [6.07, 6.45) is 0.856. The Hall–Kier alpha value is -1.79. The Labute approximate surface area is 156 Å². The van der Waals surface area contributed by atoms with E-state index in [9.17, 15) is 4.79 Å². The molecule has 1 fully saturated rings. The van der Waals surface area contributed by atoms with E-state index in [1.165, 1.54) is 0 Å². The van der Waals surface area contributed by atoms with E-state index in [1.807, 2.05) is 17.0 Å². The van der Waals surface area contributed by atoms with Gasteiger partial charge in [-0.05, 0) is 26.8 Å². The summed E-state index contributed by atoms with van der Waals surface area (Å²) in [5.74, 6) is 1.47. The van der Waals surface area contributed by atoms with Gasteiger partial charge in [0.1, 0.15) is 5.60 Å². The van der Waals surface area contributed by atoms with Gasteiger partial charge < -0.3 is 19.1 Å². The van der Waals surface area contributed by atoms with Crippen molar-refractivity contribution in [3.05, 3.63) is 23.8 Å². The quantitative estimate of drug-likeness (QED) is 0.774. The van der Waals surface area contributed by atoms with Crippen LogP contribution in [0, 0.1) is 0 Å². The molecule has 1 amide bonds. The highest BCUT2D eigenvalue weighted by molar-refractivity contribution is 5.78. The van der Waals surface area contributed by atoms with Crippen molar-refractivity contribution < 1.29 is 19.0 Å². The minimum atomic E-state index is -0.222. The molecule has 2 aliphatic rings. The van der Waals surface area contributed by atoms with Crippen molar-refractivity contribution in [1.82, 2.24) is 9.80 Å². The van der Waals surface area contributed by atoms with Crippen LogP contribution < -0.4 is 9.47 Å². The molecule has 3 rings (SSSR count). The monoisotopic (exact) mass is 362 g/mol. The standard InChI is InChI=1S/C20H30N2O4/c1-15-13-22(9-8-21(15)10-11-24-4)18(23)14-25-17-7-5-6-16-12-20(2,3)26-19(16)17/h5-7,15H,8-14H2,1-4H3. The Morgan fingerprint density at radius 2 is 2.15 bits per heavy atom. The topological polar surface area (TPSA) is 51.2 Å². The number of para-hydroxylation sites is 1. The van der Waals surface area contributed by atoms with Crippen molar-refractivity contribution in [2.24, 2.45) is 0 Å². The van der Waals surface area contributed by atoms with Crippen LogP contribution in [-0.4, -0.2) is 73.9 Å². The summed E-state index contributed by atoms with van der Waals surface area (Å²) >= 11 is 0. The molecule has 1 aromatic carbocycles. The van der Waals surface area contributed by atoms with Crippen LogP contribution in [0.25, 0.3) is 0 Å². The first-order valence-corrected chi connectivity index (χ1v) is 9.34. The summed E-state index contributed by atoms with van der Waals surface area (Å²) in [7, 11) is 1.72. The summed E-state index contributed by atoms with van der Waals surface area (Å²) in [6, 6.07) is 6.21. The zero-order valence-corrected chi connectivity index (χ0v) is 16.3. The third-order valence-electron chi connectivity index (χ3n) is 5.11. The number of carbonyl (C=O) groups excluding carboxylic acids is 1. The maximum absolute atomic E-state index is 12.6. The van der Waals surface area contributed by atoms with Gasteiger partial charge in [0.15, 0.2) is 18.1 Å². The molecule has 26 heavy (non-hydrogen) atoms. The molecule has 2 aliphatic heterocycles. The number of amides is 1. The number of ether oxygens (including phenoxy) is 3. The van der Waals surface area contributed by atoms with E-state index in [0.29, 0.717) is 11.8 Å². The Kier molecular flexibility index (Phi) is 5.73. The van der Waals surface area contributed by atoms with Crippen molar-refractivity contribution in [1.29, 1.82) is 0 Å². The molecule has 1 unspecified atom stereocenters. The summed E-state index contributed by atoms with van der Waals surface area (Å²) in [5.41, 5.74) is 0.917. The summed E-state index contributed by atoms with van der Waals surface area (Å²) in [4.78, 5) is 16.8. The molecule has 6 nitrogen and oxygen atoms in total. The lowest BCUT2D eigenvalue weighted by Crippen LogP contribution is -2.55. The second-order valence-corrected chi connectivity index (χ2v) is 7.79. The zero-order valence-electron chi connectivity index (χ0n) is 16.3. The van der Waals surface area contributed by atoms with E-state index >= 15 is 0 Å². The van der Waals surface area contributed by atoms with Crippen LogP contribution in [0.3, 0.4) is 0 Å². The third-order valence-corrected chi connectivity index (χ3v) is 5.11. The molecule has 0 bridgehead atoms. The van der Waals surface area contributed by atoms with Gasteiger partial charge in [-0.25, -0.2) is 0 Å². The van der Waals surface area contributed by atoms with Gasteiger partial charge in [0.25, 0.3) is 5.91 Å². The largest absolute Gasteiger partial charge is 0.483 e. The van der Waals surface area contributed by atoms with Gasteiger partial charge in [-0.2, -0.15) is 0 Å². The number of methoxy groups -OCH3 is 1. The Morgan fingerprint density at radius 1 is 1.35 bits per heavy atom. The van der Waals surface area contributed by atoms with Crippen molar-refractivity contribution in [2.75, 3.05) is 46.5 Å². The lowest BCUT2D eigenvalue weighted by atomic mass is 10.0. The highest BCUT2D eigenvalue weighted by Crippen LogP contribution is 2.41. The summed E-state index contributed by atoms with van der Waals surface area (Å²) in [6.45, 7) is 10.3. The van der Waals surface area contributed by atoms with E-state index in [-0.39, 0.29) is 18.1 Å². The first-order valence-electron chi connectivity index (χ1n) is 9.34. The van der Waals surface area contributed by atoms with E-state index in [2.05, 4.69) is 31.7 Å². The van der Waals surface area contributed by atoms with Crippen LogP contribution in [0.4, 0.5) is 0 Å². The fraction of sp³-hybridized carbons (Fsp3) is 0.650. The molecule has 144 valence electrons. The number of fused-ring (bicyclic) bond motifs is 1. The maximum Gasteiger partial charge on any atom is 0.260 e. The molecule has 0 radical (unpaired) electrons. The molecule has 1 aromatic rings. The number of hydrogen-bond donors (Lipinski definition) is 0. The second kappa shape index (κ2) is 7.84. The first-order chi connectivity index (χ1) is 12.4. The molecule has 1 saturated heterocycles. The van der Waals surface area contributed by atoms with Gasteiger partial charge >= 0.3 is 0 Å². The number of piperazine rings is 1. The summed E-state index contributed by atoms with van der Waals surface area (Å²) in [5, 5.41) is 0. The zero-order chi connectivity index (χ0) is 18.7. The number of rotatable bonds is 6.